The minimum Gasteiger partial charge on any atom is -0.349 e. The maximum Gasteiger partial charge on any atom is 0.206 e. The van der Waals surface area contributed by atoms with Crippen LogP contribution < -0.4 is 5.32 Å². The first-order chi connectivity index (χ1) is 11.4. The van der Waals surface area contributed by atoms with E-state index in [9.17, 15) is 8.78 Å². The Hall–Kier alpha value is -1.93. The molecule has 1 N–H and O–H groups in total. The van der Waals surface area contributed by atoms with Crippen LogP contribution in [0.2, 0.25) is 0 Å². The molecule has 0 saturated heterocycles. The van der Waals surface area contributed by atoms with Crippen molar-refractivity contribution in [2.75, 3.05) is 5.32 Å². The smallest absolute Gasteiger partial charge is 0.206 e. The summed E-state index contributed by atoms with van der Waals surface area (Å²) >= 11 is 4.50. The van der Waals surface area contributed by atoms with Crippen LogP contribution in [-0.4, -0.2) is 15.2 Å². The Kier molecular flexibility index (Phi) is 4.60. The summed E-state index contributed by atoms with van der Waals surface area (Å²) in [5.74, 6) is -0.784. The number of aromatic nitrogens is 3. The molecule has 2 heterocycles. The molecule has 0 bridgehead atoms. The number of nitrogens with one attached hydrogen (secondary N) is 1. The molecular formula is C16H13BrF2N4S. The Balaban J connectivity index is 1.89. The third kappa shape index (κ3) is 3.44. The summed E-state index contributed by atoms with van der Waals surface area (Å²) in [6.45, 7) is 3.58. The van der Waals surface area contributed by atoms with E-state index in [1.54, 1.807) is 26.0 Å². The fraction of sp³-hybridized carbons (Fsp3) is 0.188. The first-order valence-electron chi connectivity index (χ1n) is 7.05. The van der Waals surface area contributed by atoms with E-state index in [1.165, 1.54) is 35.7 Å². The number of halogens is 3. The highest BCUT2D eigenvalue weighted by Gasteiger charge is 2.27. The summed E-state index contributed by atoms with van der Waals surface area (Å²) < 4.78 is 28.7. The van der Waals surface area contributed by atoms with Crippen molar-refractivity contribution >= 4 is 32.4 Å². The molecule has 8 heteroatoms. The lowest BCUT2D eigenvalue weighted by molar-refractivity contribution is 0.513. The Morgan fingerprint density at radius 3 is 2.67 bits per heavy atom. The Labute approximate surface area is 150 Å². The molecule has 1 aromatic carbocycles. The van der Waals surface area contributed by atoms with Crippen LogP contribution in [0.3, 0.4) is 0 Å². The minimum atomic E-state index is -0.794. The maximum absolute atomic E-state index is 14.0. The van der Waals surface area contributed by atoms with Gasteiger partial charge in [0.25, 0.3) is 0 Å². The van der Waals surface area contributed by atoms with Crippen LogP contribution >= 0.6 is 27.3 Å². The number of rotatable bonds is 4. The van der Waals surface area contributed by atoms with E-state index >= 15 is 0 Å². The second-order valence-electron chi connectivity index (χ2n) is 5.62. The number of nitrogens with zero attached hydrogens (tertiary/aromatic N) is 3. The van der Waals surface area contributed by atoms with Gasteiger partial charge in [-0.15, -0.1) is 10.2 Å². The molecule has 0 unspecified atom stereocenters. The highest BCUT2D eigenvalue weighted by Crippen LogP contribution is 2.33. The van der Waals surface area contributed by atoms with E-state index in [0.717, 1.165) is 4.47 Å². The molecule has 124 valence electrons. The monoisotopic (exact) mass is 410 g/mol. The predicted octanol–water partition coefficient (Wildman–Crippen LogP) is 4.99. The number of hydrogen-bond acceptors (Lipinski definition) is 5. The molecule has 24 heavy (non-hydrogen) atoms. The normalized spacial score (nSPS) is 11.5. The highest BCUT2D eigenvalue weighted by molar-refractivity contribution is 9.10. The number of hydrogen-bond donors (Lipinski definition) is 1. The lowest BCUT2D eigenvalue weighted by Crippen LogP contribution is -2.30. The Bertz CT molecular complexity index is 882. The van der Waals surface area contributed by atoms with E-state index < -0.39 is 11.4 Å². The van der Waals surface area contributed by atoms with Crippen molar-refractivity contribution in [3.63, 3.8) is 0 Å². The molecule has 0 fully saturated rings. The third-order valence-corrected chi connectivity index (χ3v) is 4.72. The molecular weight excluding hydrogens is 398 g/mol. The van der Waals surface area contributed by atoms with E-state index in [0.29, 0.717) is 15.7 Å². The molecule has 0 aliphatic carbocycles. The molecule has 0 spiro atoms. The first kappa shape index (κ1) is 16.9. The van der Waals surface area contributed by atoms with Gasteiger partial charge < -0.3 is 5.32 Å². The van der Waals surface area contributed by atoms with Crippen LogP contribution in [0.15, 0.2) is 41.0 Å². The molecule has 0 aliphatic heterocycles. The van der Waals surface area contributed by atoms with Crippen molar-refractivity contribution in [2.24, 2.45) is 0 Å². The minimum absolute atomic E-state index is 0.274. The quantitative estimate of drug-likeness (QED) is 0.658. The van der Waals surface area contributed by atoms with Crippen LogP contribution in [-0.2, 0) is 5.54 Å². The Morgan fingerprint density at radius 2 is 1.92 bits per heavy atom. The van der Waals surface area contributed by atoms with Gasteiger partial charge >= 0.3 is 0 Å². The second-order valence-corrected chi connectivity index (χ2v) is 7.51. The van der Waals surface area contributed by atoms with Gasteiger partial charge in [0, 0.05) is 16.2 Å². The predicted molar refractivity (Wildman–Crippen MR) is 93.8 cm³/mol. The standard InChI is InChI=1S/C16H13BrF2N4S/c1-16(2,13-12(19)4-3-7-20-13)21-15-23-22-14(24-15)10-8-9(17)5-6-11(10)18/h3-8H,1-2H3,(H,21,23). The van der Waals surface area contributed by atoms with Crippen LogP contribution in [0.4, 0.5) is 13.9 Å². The van der Waals surface area contributed by atoms with Gasteiger partial charge in [0.05, 0.1) is 5.54 Å². The maximum atomic E-state index is 14.0. The van der Waals surface area contributed by atoms with Gasteiger partial charge in [-0.25, -0.2) is 8.78 Å². The summed E-state index contributed by atoms with van der Waals surface area (Å²) in [6, 6.07) is 7.51. The van der Waals surface area contributed by atoms with Crippen molar-refractivity contribution in [3.05, 3.63) is 58.3 Å². The van der Waals surface area contributed by atoms with Gasteiger partial charge in [0.2, 0.25) is 5.13 Å². The molecule has 0 atom stereocenters. The molecule has 0 aliphatic rings. The van der Waals surface area contributed by atoms with Crippen molar-refractivity contribution in [3.8, 4) is 10.6 Å². The van der Waals surface area contributed by atoms with E-state index in [1.807, 2.05) is 0 Å². The summed E-state index contributed by atoms with van der Waals surface area (Å²) in [6.07, 6.45) is 1.53. The van der Waals surface area contributed by atoms with Crippen LogP contribution in [0.25, 0.3) is 10.6 Å². The van der Waals surface area contributed by atoms with Gasteiger partial charge in [-0.2, -0.15) is 0 Å². The summed E-state index contributed by atoms with van der Waals surface area (Å²) in [5.41, 5.74) is -0.162. The summed E-state index contributed by atoms with van der Waals surface area (Å²) in [7, 11) is 0. The van der Waals surface area contributed by atoms with E-state index in [4.69, 9.17) is 0 Å². The van der Waals surface area contributed by atoms with Crippen LogP contribution in [0.1, 0.15) is 19.5 Å². The van der Waals surface area contributed by atoms with Crippen LogP contribution in [0, 0.1) is 11.6 Å². The molecule has 4 nitrogen and oxygen atoms in total. The number of pyridine rings is 1. The van der Waals surface area contributed by atoms with Crippen molar-refractivity contribution in [2.45, 2.75) is 19.4 Å². The third-order valence-electron chi connectivity index (χ3n) is 3.35. The lowest BCUT2D eigenvalue weighted by atomic mass is 10.00. The van der Waals surface area contributed by atoms with Crippen LogP contribution in [0.5, 0.6) is 0 Å². The Morgan fingerprint density at radius 1 is 1.12 bits per heavy atom. The highest BCUT2D eigenvalue weighted by atomic mass is 79.9. The average Bonchev–Trinajstić information content (AvgIpc) is 2.97. The fourth-order valence-corrected chi connectivity index (χ4v) is 3.50. The molecule has 3 aromatic rings. The second kappa shape index (κ2) is 6.52. The molecule has 0 amide bonds. The number of anilines is 1. The lowest BCUT2D eigenvalue weighted by Gasteiger charge is -2.25. The van der Waals surface area contributed by atoms with Gasteiger partial charge in [0.1, 0.15) is 17.3 Å². The zero-order valence-electron chi connectivity index (χ0n) is 12.8. The SMILES string of the molecule is CC(C)(Nc1nnc(-c2cc(Br)ccc2F)s1)c1ncccc1F. The molecule has 3 rings (SSSR count). The molecule has 2 aromatic heterocycles. The number of benzene rings is 1. The molecule has 0 saturated carbocycles. The summed E-state index contributed by atoms with van der Waals surface area (Å²) in [4.78, 5) is 4.09. The fourth-order valence-electron chi connectivity index (χ4n) is 2.22. The van der Waals surface area contributed by atoms with Crippen molar-refractivity contribution in [1.29, 1.82) is 0 Å². The summed E-state index contributed by atoms with van der Waals surface area (Å²) in [5, 5.41) is 12.1. The van der Waals surface area contributed by atoms with E-state index in [2.05, 4.69) is 36.4 Å². The molecule has 0 radical (unpaired) electrons. The van der Waals surface area contributed by atoms with Crippen molar-refractivity contribution in [1.82, 2.24) is 15.2 Å². The zero-order valence-corrected chi connectivity index (χ0v) is 15.3. The average molecular weight is 411 g/mol. The van der Waals surface area contributed by atoms with Gasteiger partial charge in [0.15, 0.2) is 5.01 Å². The van der Waals surface area contributed by atoms with Gasteiger partial charge in [-0.05, 0) is 44.2 Å². The zero-order chi connectivity index (χ0) is 17.3. The largest absolute Gasteiger partial charge is 0.349 e. The van der Waals surface area contributed by atoms with Gasteiger partial charge in [-0.1, -0.05) is 27.3 Å². The van der Waals surface area contributed by atoms with E-state index in [-0.39, 0.29) is 11.5 Å². The first-order valence-corrected chi connectivity index (χ1v) is 8.66. The van der Waals surface area contributed by atoms with Crippen molar-refractivity contribution < 1.29 is 8.78 Å². The van der Waals surface area contributed by atoms with Gasteiger partial charge in [-0.3, -0.25) is 4.98 Å². The topological polar surface area (TPSA) is 50.7 Å².